The van der Waals surface area contributed by atoms with Crippen molar-refractivity contribution < 1.29 is 19.4 Å². The fraction of sp³-hybridized carbons (Fsp3) is 0.455. The molecular formula is C22H24ClNO4. The van der Waals surface area contributed by atoms with Gasteiger partial charge in [0.2, 0.25) is 5.79 Å². The summed E-state index contributed by atoms with van der Waals surface area (Å²) in [5.74, 6) is -0.643. The lowest BCUT2D eigenvalue weighted by Crippen LogP contribution is -2.48. The van der Waals surface area contributed by atoms with E-state index < -0.39 is 11.8 Å². The van der Waals surface area contributed by atoms with E-state index in [2.05, 4.69) is 11.1 Å². The predicted octanol–water partition coefficient (Wildman–Crippen LogP) is 5.59. The van der Waals surface area contributed by atoms with E-state index in [4.69, 9.17) is 21.1 Å². The van der Waals surface area contributed by atoms with Crippen molar-refractivity contribution >= 4 is 17.6 Å². The highest BCUT2D eigenvalue weighted by molar-refractivity contribution is 6.31. The first-order chi connectivity index (χ1) is 13.4. The minimum absolute atomic E-state index is 0.135. The standard InChI is InChI=1S/C22H24ClNO4/c1-13-20-17(21(25)26)11-16(23)12-19(20)28-22(2,27-13)15-8-6-14(7-9-15)18-5-3-4-10-24-18/h3-5,10-15H,6-9H2,1-2H3,(H,25,26). The molecule has 28 heavy (non-hydrogen) atoms. The molecule has 1 saturated carbocycles. The molecule has 2 heterocycles. The highest BCUT2D eigenvalue weighted by atomic mass is 35.5. The molecule has 0 radical (unpaired) electrons. The number of carboxylic acid groups (broad SMARTS) is 1. The fourth-order valence-corrected chi connectivity index (χ4v) is 4.84. The number of halogens is 1. The second-order valence-electron chi connectivity index (χ2n) is 7.85. The number of carbonyl (C=O) groups is 1. The summed E-state index contributed by atoms with van der Waals surface area (Å²) in [7, 11) is 0. The summed E-state index contributed by atoms with van der Waals surface area (Å²) in [6.45, 7) is 3.83. The molecule has 0 spiro atoms. The maximum absolute atomic E-state index is 11.6. The van der Waals surface area contributed by atoms with Crippen molar-refractivity contribution in [1.29, 1.82) is 0 Å². The third kappa shape index (κ3) is 3.49. The highest BCUT2D eigenvalue weighted by Gasteiger charge is 2.45. The van der Waals surface area contributed by atoms with Crippen LogP contribution in [0, 0.1) is 5.92 Å². The lowest BCUT2D eigenvalue weighted by Gasteiger charge is -2.46. The number of rotatable bonds is 3. The molecule has 4 rings (SSSR count). The Balaban J connectivity index is 1.55. The van der Waals surface area contributed by atoms with Gasteiger partial charge in [-0.1, -0.05) is 17.7 Å². The molecule has 1 aromatic heterocycles. The van der Waals surface area contributed by atoms with E-state index in [1.807, 2.05) is 32.2 Å². The Labute approximate surface area is 169 Å². The van der Waals surface area contributed by atoms with Gasteiger partial charge in [-0.25, -0.2) is 4.79 Å². The maximum Gasteiger partial charge on any atom is 0.336 e. The molecule has 2 aliphatic rings. The first kappa shape index (κ1) is 19.2. The van der Waals surface area contributed by atoms with Crippen LogP contribution in [0.3, 0.4) is 0 Å². The summed E-state index contributed by atoms with van der Waals surface area (Å²) < 4.78 is 12.5. The average Bonchev–Trinajstić information content (AvgIpc) is 2.67. The van der Waals surface area contributed by atoms with E-state index in [-0.39, 0.29) is 17.6 Å². The Morgan fingerprint density at radius 3 is 2.64 bits per heavy atom. The molecule has 1 N–H and O–H groups in total. The summed E-state index contributed by atoms with van der Waals surface area (Å²) in [5.41, 5.74) is 1.83. The van der Waals surface area contributed by atoms with Crippen LogP contribution >= 0.6 is 11.6 Å². The predicted molar refractivity (Wildman–Crippen MR) is 106 cm³/mol. The van der Waals surface area contributed by atoms with Crippen molar-refractivity contribution in [2.24, 2.45) is 5.92 Å². The molecule has 5 nitrogen and oxygen atoms in total. The first-order valence-electron chi connectivity index (χ1n) is 9.72. The third-order valence-electron chi connectivity index (χ3n) is 6.04. The Bertz CT molecular complexity index is 880. The summed E-state index contributed by atoms with van der Waals surface area (Å²) in [5, 5.41) is 9.88. The number of carboxylic acids is 1. The topological polar surface area (TPSA) is 68.7 Å². The minimum atomic E-state index is -1.03. The molecular weight excluding hydrogens is 378 g/mol. The zero-order valence-electron chi connectivity index (χ0n) is 16.0. The molecule has 0 saturated heterocycles. The highest BCUT2D eigenvalue weighted by Crippen LogP contribution is 2.48. The number of aromatic carboxylic acids is 1. The molecule has 1 aliphatic carbocycles. The average molecular weight is 402 g/mol. The van der Waals surface area contributed by atoms with Crippen LogP contribution in [0.2, 0.25) is 5.02 Å². The molecule has 2 aromatic rings. The Hall–Kier alpha value is -2.11. The maximum atomic E-state index is 11.6. The van der Waals surface area contributed by atoms with Gasteiger partial charge in [0, 0.05) is 41.2 Å². The molecule has 2 atom stereocenters. The molecule has 6 heteroatoms. The number of nitrogens with zero attached hydrogens (tertiary/aromatic N) is 1. The monoisotopic (exact) mass is 401 g/mol. The zero-order chi connectivity index (χ0) is 19.9. The quantitative estimate of drug-likeness (QED) is 0.725. The van der Waals surface area contributed by atoms with E-state index >= 15 is 0 Å². The smallest absolute Gasteiger partial charge is 0.336 e. The lowest BCUT2D eigenvalue weighted by molar-refractivity contribution is -0.249. The van der Waals surface area contributed by atoms with Crippen molar-refractivity contribution in [1.82, 2.24) is 4.98 Å². The second kappa shape index (κ2) is 7.37. The van der Waals surface area contributed by atoms with Crippen molar-refractivity contribution in [3.8, 4) is 5.75 Å². The van der Waals surface area contributed by atoms with Crippen LogP contribution in [-0.4, -0.2) is 21.8 Å². The summed E-state index contributed by atoms with van der Waals surface area (Å²) >= 11 is 6.15. The van der Waals surface area contributed by atoms with Crippen LogP contribution in [0.15, 0.2) is 36.5 Å². The van der Waals surface area contributed by atoms with Crippen LogP contribution < -0.4 is 4.74 Å². The van der Waals surface area contributed by atoms with Gasteiger partial charge in [0.05, 0.1) is 11.7 Å². The van der Waals surface area contributed by atoms with Crippen LogP contribution in [0.5, 0.6) is 5.75 Å². The molecule has 2 unspecified atom stereocenters. The van der Waals surface area contributed by atoms with Crippen molar-refractivity contribution in [3.63, 3.8) is 0 Å². The van der Waals surface area contributed by atoms with Gasteiger partial charge in [0.15, 0.2) is 0 Å². The van der Waals surface area contributed by atoms with Gasteiger partial charge in [-0.15, -0.1) is 0 Å². The molecule has 1 fully saturated rings. The lowest BCUT2D eigenvalue weighted by atomic mass is 9.76. The van der Waals surface area contributed by atoms with Crippen LogP contribution in [0.4, 0.5) is 0 Å². The summed E-state index contributed by atoms with van der Waals surface area (Å²) in [6, 6.07) is 9.21. The number of benzene rings is 1. The SMILES string of the molecule is CC1OC(C)(C2CCC(c3ccccn3)CC2)Oc2cc(Cl)cc(C(=O)O)c21. The van der Waals surface area contributed by atoms with Gasteiger partial charge in [-0.05, 0) is 56.9 Å². The van der Waals surface area contributed by atoms with Crippen molar-refractivity contribution in [2.75, 3.05) is 0 Å². The van der Waals surface area contributed by atoms with Gasteiger partial charge in [-0.3, -0.25) is 4.98 Å². The number of hydrogen-bond acceptors (Lipinski definition) is 4. The molecule has 0 amide bonds. The van der Waals surface area contributed by atoms with Crippen molar-refractivity contribution in [2.45, 2.75) is 57.3 Å². The fourth-order valence-electron chi connectivity index (χ4n) is 4.64. The first-order valence-corrected chi connectivity index (χ1v) is 10.1. The van der Waals surface area contributed by atoms with Gasteiger partial charge >= 0.3 is 5.97 Å². The van der Waals surface area contributed by atoms with Gasteiger partial charge in [0.1, 0.15) is 5.75 Å². The molecule has 1 aliphatic heterocycles. The Morgan fingerprint density at radius 1 is 1.25 bits per heavy atom. The largest absolute Gasteiger partial charge is 0.478 e. The van der Waals surface area contributed by atoms with Crippen molar-refractivity contribution in [3.05, 3.63) is 58.4 Å². The Morgan fingerprint density at radius 2 is 2.00 bits per heavy atom. The normalized spacial score (nSPS) is 29.6. The molecule has 1 aromatic carbocycles. The molecule has 148 valence electrons. The minimum Gasteiger partial charge on any atom is -0.478 e. The van der Waals surface area contributed by atoms with Crippen LogP contribution in [-0.2, 0) is 4.74 Å². The number of hydrogen-bond donors (Lipinski definition) is 1. The van der Waals surface area contributed by atoms with Crippen LogP contribution in [0.1, 0.15) is 73.2 Å². The van der Waals surface area contributed by atoms with E-state index in [9.17, 15) is 9.90 Å². The number of fused-ring (bicyclic) bond motifs is 1. The van der Waals surface area contributed by atoms with E-state index in [1.54, 1.807) is 6.07 Å². The third-order valence-corrected chi connectivity index (χ3v) is 6.26. The number of ether oxygens (including phenoxy) is 2. The van der Waals surface area contributed by atoms with E-state index in [0.29, 0.717) is 22.3 Å². The summed E-state index contributed by atoms with van der Waals surface area (Å²) in [4.78, 5) is 16.1. The van der Waals surface area contributed by atoms with E-state index in [1.165, 1.54) is 6.07 Å². The van der Waals surface area contributed by atoms with Gasteiger partial charge in [0.25, 0.3) is 0 Å². The van der Waals surface area contributed by atoms with Gasteiger partial charge < -0.3 is 14.6 Å². The van der Waals surface area contributed by atoms with Crippen LogP contribution in [0.25, 0.3) is 0 Å². The van der Waals surface area contributed by atoms with Gasteiger partial charge in [-0.2, -0.15) is 0 Å². The Kier molecular flexibility index (Phi) is 5.06. The number of pyridine rings is 1. The molecule has 0 bridgehead atoms. The zero-order valence-corrected chi connectivity index (χ0v) is 16.8. The number of aromatic nitrogens is 1. The summed E-state index contributed by atoms with van der Waals surface area (Å²) in [6.07, 6.45) is 5.45. The second-order valence-corrected chi connectivity index (χ2v) is 8.29. The van der Waals surface area contributed by atoms with E-state index in [0.717, 1.165) is 31.4 Å².